The number of hydrogen-bond donors (Lipinski definition) is 2. The summed E-state index contributed by atoms with van der Waals surface area (Å²) in [5.41, 5.74) is 2.77. The molecule has 1 amide bonds. The van der Waals surface area contributed by atoms with Gasteiger partial charge in [0, 0.05) is 28.8 Å². The van der Waals surface area contributed by atoms with E-state index in [0.29, 0.717) is 12.1 Å². The van der Waals surface area contributed by atoms with E-state index in [1.165, 1.54) is 0 Å². The lowest BCUT2D eigenvalue weighted by Crippen LogP contribution is -2.22. The quantitative estimate of drug-likeness (QED) is 0.822. The first-order valence-electron chi connectivity index (χ1n) is 7.06. The zero-order valence-corrected chi connectivity index (χ0v) is 13.6. The summed E-state index contributed by atoms with van der Waals surface area (Å²) in [4.78, 5) is 12.1. The molecule has 0 aliphatic carbocycles. The molecule has 0 saturated heterocycles. The zero-order valence-electron chi connectivity index (χ0n) is 12.0. The van der Waals surface area contributed by atoms with E-state index in [2.05, 4.69) is 33.5 Å². The number of anilines is 1. The van der Waals surface area contributed by atoms with Crippen LogP contribution in [0.2, 0.25) is 0 Å². The summed E-state index contributed by atoms with van der Waals surface area (Å²) in [6.45, 7) is 3.57. The molecule has 0 aliphatic rings. The maximum Gasteiger partial charge on any atom is 0.251 e. The van der Waals surface area contributed by atoms with Crippen LogP contribution in [-0.2, 0) is 6.54 Å². The summed E-state index contributed by atoms with van der Waals surface area (Å²) in [7, 11) is 0. The maximum atomic E-state index is 12.1. The van der Waals surface area contributed by atoms with Gasteiger partial charge in [-0.05, 0) is 42.3 Å². The van der Waals surface area contributed by atoms with Crippen molar-refractivity contribution in [2.24, 2.45) is 0 Å². The monoisotopic (exact) mass is 346 g/mol. The van der Waals surface area contributed by atoms with Crippen molar-refractivity contribution >= 4 is 27.5 Å². The van der Waals surface area contributed by atoms with Crippen LogP contribution < -0.4 is 10.6 Å². The SMILES string of the molecule is CCCNc1ccc(C(=O)NCc2ccccc2Br)cc1. The van der Waals surface area contributed by atoms with Crippen molar-refractivity contribution < 1.29 is 4.79 Å². The maximum absolute atomic E-state index is 12.1. The van der Waals surface area contributed by atoms with Crippen LogP contribution in [0.4, 0.5) is 5.69 Å². The largest absolute Gasteiger partial charge is 0.385 e. The van der Waals surface area contributed by atoms with Crippen LogP contribution in [0.25, 0.3) is 0 Å². The molecule has 0 aliphatic heterocycles. The molecule has 0 fully saturated rings. The van der Waals surface area contributed by atoms with E-state index in [4.69, 9.17) is 0 Å². The van der Waals surface area contributed by atoms with E-state index in [1.807, 2.05) is 48.5 Å². The summed E-state index contributed by atoms with van der Waals surface area (Å²) in [6, 6.07) is 15.4. The molecule has 0 unspecified atom stereocenters. The van der Waals surface area contributed by atoms with Gasteiger partial charge in [-0.3, -0.25) is 4.79 Å². The fourth-order valence-electron chi connectivity index (χ4n) is 1.93. The van der Waals surface area contributed by atoms with Crippen molar-refractivity contribution in [3.8, 4) is 0 Å². The average molecular weight is 347 g/mol. The van der Waals surface area contributed by atoms with Gasteiger partial charge < -0.3 is 10.6 Å². The van der Waals surface area contributed by atoms with E-state index in [9.17, 15) is 4.79 Å². The van der Waals surface area contributed by atoms with E-state index in [0.717, 1.165) is 28.7 Å². The van der Waals surface area contributed by atoms with E-state index in [1.54, 1.807) is 0 Å². The number of halogens is 1. The van der Waals surface area contributed by atoms with Crippen LogP contribution in [0.1, 0.15) is 29.3 Å². The topological polar surface area (TPSA) is 41.1 Å². The van der Waals surface area contributed by atoms with Crippen LogP contribution in [-0.4, -0.2) is 12.5 Å². The van der Waals surface area contributed by atoms with Crippen LogP contribution in [0.3, 0.4) is 0 Å². The Hall–Kier alpha value is -1.81. The van der Waals surface area contributed by atoms with Crippen molar-refractivity contribution in [3.63, 3.8) is 0 Å². The second kappa shape index (κ2) is 7.84. The molecule has 0 atom stereocenters. The van der Waals surface area contributed by atoms with Gasteiger partial charge in [0.05, 0.1) is 0 Å². The molecule has 21 heavy (non-hydrogen) atoms. The number of amides is 1. The van der Waals surface area contributed by atoms with E-state index >= 15 is 0 Å². The van der Waals surface area contributed by atoms with Crippen molar-refractivity contribution in [3.05, 3.63) is 64.1 Å². The fourth-order valence-corrected chi connectivity index (χ4v) is 2.35. The number of nitrogens with one attached hydrogen (secondary N) is 2. The van der Waals surface area contributed by atoms with Gasteiger partial charge in [-0.2, -0.15) is 0 Å². The van der Waals surface area contributed by atoms with E-state index in [-0.39, 0.29) is 5.91 Å². The van der Waals surface area contributed by atoms with E-state index < -0.39 is 0 Å². The summed E-state index contributed by atoms with van der Waals surface area (Å²) >= 11 is 3.48. The van der Waals surface area contributed by atoms with Gasteiger partial charge in [0.1, 0.15) is 0 Å². The second-order valence-corrected chi connectivity index (χ2v) is 5.63. The third kappa shape index (κ3) is 4.60. The Bertz CT molecular complexity index is 596. The summed E-state index contributed by atoms with van der Waals surface area (Å²) in [6.07, 6.45) is 1.08. The van der Waals surface area contributed by atoms with Crippen molar-refractivity contribution in [2.45, 2.75) is 19.9 Å². The lowest BCUT2D eigenvalue weighted by atomic mass is 10.1. The molecule has 2 aromatic rings. The first kappa shape index (κ1) is 15.6. The van der Waals surface area contributed by atoms with Crippen LogP contribution in [0.5, 0.6) is 0 Å². The Morgan fingerprint density at radius 1 is 1.10 bits per heavy atom. The minimum atomic E-state index is -0.0622. The Morgan fingerprint density at radius 2 is 1.81 bits per heavy atom. The molecule has 0 bridgehead atoms. The molecular formula is C17H19BrN2O. The highest BCUT2D eigenvalue weighted by atomic mass is 79.9. The van der Waals surface area contributed by atoms with Gasteiger partial charge in [0.25, 0.3) is 5.91 Å². The second-order valence-electron chi connectivity index (χ2n) is 4.78. The minimum absolute atomic E-state index is 0.0622. The number of benzene rings is 2. The number of hydrogen-bond acceptors (Lipinski definition) is 2. The molecule has 0 saturated carbocycles. The number of carbonyl (C=O) groups excluding carboxylic acids is 1. The summed E-state index contributed by atoms with van der Waals surface area (Å²) in [5.74, 6) is -0.0622. The van der Waals surface area contributed by atoms with Crippen LogP contribution in [0.15, 0.2) is 53.0 Å². The highest BCUT2D eigenvalue weighted by Crippen LogP contribution is 2.15. The minimum Gasteiger partial charge on any atom is -0.385 e. The van der Waals surface area contributed by atoms with Gasteiger partial charge in [-0.25, -0.2) is 0 Å². The summed E-state index contributed by atoms with van der Waals surface area (Å²) < 4.78 is 1.00. The molecule has 2 aromatic carbocycles. The van der Waals surface area contributed by atoms with Gasteiger partial charge in [0.2, 0.25) is 0 Å². The first-order valence-corrected chi connectivity index (χ1v) is 7.85. The summed E-state index contributed by atoms with van der Waals surface area (Å²) in [5, 5.41) is 6.22. The van der Waals surface area contributed by atoms with Crippen LogP contribution in [0, 0.1) is 0 Å². The standard InChI is InChI=1S/C17H19BrN2O/c1-2-11-19-15-9-7-13(8-10-15)17(21)20-12-14-5-3-4-6-16(14)18/h3-10,19H,2,11-12H2,1H3,(H,20,21). The molecule has 0 spiro atoms. The molecule has 2 rings (SSSR count). The Balaban J connectivity index is 1.93. The molecule has 0 aromatic heterocycles. The van der Waals surface area contributed by atoms with Crippen molar-refractivity contribution in [2.75, 3.05) is 11.9 Å². The Labute approximate surface area is 133 Å². The number of carbonyl (C=O) groups is 1. The third-order valence-corrected chi connectivity index (χ3v) is 3.90. The smallest absolute Gasteiger partial charge is 0.251 e. The lowest BCUT2D eigenvalue weighted by molar-refractivity contribution is 0.0951. The molecule has 0 radical (unpaired) electrons. The predicted octanol–water partition coefficient (Wildman–Crippen LogP) is 4.20. The average Bonchev–Trinajstić information content (AvgIpc) is 2.52. The molecular weight excluding hydrogens is 328 g/mol. The van der Waals surface area contributed by atoms with Crippen molar-refractivity contribution in [1.82, 2.24) is 5.32 Å². The first-order chi connectivity index (χ1) is 10.2. The normalized spacial score (nSPS) is 10.2. The Kier molecular flexibility index (Phi) is 5.81. The predicted molar refractivity (Wildman–Crippen MR) is 90.5 cm³/mol. The van der Waals surface area contributed by atoms with Gasteiger partial charge in [-0.1, -0.05) is 41.1 Å². The third-order valence-electron chi connectivity index (χ3n) is 3.12. The van der Waals surface area contributed by atoms with Gasteiger partial charge in [-0.15, -0.1) is 0 Å². The number of rotatable bonds is 6. The fraction of sp³-hybridized carbons (Fsp3) is 0.235. The highest BCUT2D eigenvalue weighted by Gasteiger charge is 2.06. The van der Waals surface area contributed by atoms with Crippen molar-refractivity contribution in [1.29, 1.82) is 0 Å². The molecule has 0 heterocycles. The lowest BCUT2D eigenvalue weighted by Gasteiger charge is -2.08. The molecule has 4 heteroatoms. The van der Waals surface area contributed by atoms with Gasteiger partial charge >= 0.3 is 0 Å². The molecule has 2 N–H and O–H groups in total. The zero-order chi connectivity index (χ0) is 15.1. The van der Waals surface area contributed by atoms with Crippen LogP contribution >= 0.6 is 15.9 Å². The molecule has 110 valence electrons. The van der Waals surface area contributed by atoms with Gasteiger partial charge in [0.15, 0.2) is 0 Å². The highest BCUT2D eigenvalue weighted by molar-refractivity contribution is 9.10. The Morgan fingerprint density at radius 3 is 2.48 bits per heavy atom. The molecule has 3 nitrogen and oxygen atoms in total.